The molecule has 1 saturated heterocycles. The van der Waals surface area contributed by atoms with Crippen LogP contribution in [-0.4, -0.2) is 31.2 Å². The number of hydrogen-bond acceptors (Lipinski definition) is 5. The first-order chi connectivity index (χ1) is 12.5. The van der Waals surface area contributed by atoms with E-state index in [9.17, 15) is 14.5 Å². The molecule has 2 aromatic carbocycles. The standard InChI is InChI=1S/C19H21FN2O4/c1-13-10-21(11-19(26-13)14-3-5-16(20)6-4-14)18-8-7-17(22(23)24)9-15(18)12-25-2/h3-9,13,19H,10-12H2,1-2H3. The average molecular weight is 360 g/mol. The molecule has 0 radical (unpaired) electrons. The SMILES string of the molecule is COCc1cc([N+](=O)[O-])ccc1N1CC(C)OC(c2ccc(F)cc2)C1. The van der Waals surface area contributed by atoms with Crippen molar-refractivity contribution in [1.82, 2.24) is 0 Å². The Hall–Kier alpha value is -2.51. The Bertz CT molecular complexity index is 782. The van der Waals surface area contributed by atoms with Gasteiger partial charge in [0.25, 0.3) is 5.69 Å². The predicted octanol–water partition coefficient (Wildman–Crippen LogP) is 3.85. The van der Waals surface area contributed by atoms with Gasteiger partial charge in [-0.05, 0) is 30.7 Å². The third-order valence-corrected chi connectivity index (χ3v) is 4.42. The fourth-order valence-electron chi connectivity index (χ4n) is 3.27. The van der Waals surface area contributed by atoms with E-state index in [2.05, 4.69) is 4.90 Å². The van der Waals surface area contributed by atoms with Crippen molar-refractivity contribution >= 4 is 11.4 Å². The number of halogens is 1. The molecule has 1 heterocycles. The van der Waals surface area contributed by atoms with Gasteiger partial charge in [0, 0.05) is 43.6 Å². The first kappa shape index (κ1) is 18.3. The van der Waals surface area contributed by atoms with Crippen LogP contribution in [0.1, 0.15) is 24.2 Å². The number of nitro groups is 1. The van der Waals surface area contributed by atoms with Crippen LogP contribution in [0.2, 0.25) is 0 Å². The molecule has 0 saturated carbocycles. The molecule has 0 spiro atoms. The van der Waals surface area contributed by atoms with Gasteiger partial charge in [-0.15, -0.1) is 0 Å². The lowest BCUT2D eigenvalue weighted by molar-refractivity contribution is -0.384. The summed E-state index contributed by atoms with van der Waals surface area (Å²) in [5.41, 5.74) is 2.59. The Balaban J connectivity index is 1.90. The number of nitrogens with zero attached hydrogens (tertiary/aromatic N) is 2. The molecule has 0 bridgehead atoms. The zero-order chi connectivity index (χ0) is 18.7. The summed E-state index contributed by atoms with van der Waals surface area (Å²) < 4.78 is 24.4. The number of methoxy groups -OCH3 is 1. The van der Waals surface area contributed by atoms with Crippen LogP contribution in [0.25, 0.3) is 0 Å². The topological polar surface area (TPSA) is 64.8 Å². The van der Waals surface area contributed by atoms with Crippen molar-refractivity contribution in [1.29, 1.82) is 0 Å². The smallest absolute Gasteiger partial charge is 0.269 e. The van der Waals surface area contributed by atoms with E-state index >= 15 is 0 Å². The van der Waals surface area contributed by atoms with E-state index in [0.717, 1.165) is 16.8 Å². The Morgan fingerprint density at radius 2 is 2.00 bits per heavy atom. The zero-order valence-corrected chi connectivity index (χ0v) is 14.7. The van der Waals surface area contributed by atoms with Crippen molar-refractivity contribution in [2.45, 2.75) is 25.7 Å². The normalized spacial score (nSPS) is 20.2. The number of hydrogen-bond donors (Lipinski definition) is 0. The number of nitro benzene ring substituents is 1. The van der Waals surface area contributed by atoms with Crippen LogP contribution in [0.4, 0.5) is 15.8 Å². The summed E-state index contributed by atoms with van der Waals surface area (Å²) in [6.07, 6.45) is -0.241. The van der Waals surface area contributed by atoms with Crippen LogP contribution in [-0.2, 0) is 16.1 Å². The molecule has 2 unspecified atom stereocenters. The Morgan fingerprint density at radius 3 is 2.65 bits per heavy atom. The van der Waals surface area contributed by atoms with E-state index in [0.29, 0.717) is 13.1 Å². The minimum Gasteiger partial charge on any atom is -0.380 e. The Kier molecular flexibility index (Phi) is 5.49. The maximum absolute atomic E-state index is 13.2. The number of rotatable bonds is 5. The van der Waals surface area contributed by atoms with E-state index in [4.69, 9.17) is 9.47 Å². The van der Waals surface area contributed by atoms with Crippen LogP contribution in [0.15, 0.2) is 42.5 Å². The van der Waals surface area contributed by atoms with E-state index in [1.165, 1.54) is 18.2 Å². The molecule has 3 rings (SSSR count). The second-order valence-corrected chi connectivity index (χ2v) is 6.40. The molecule has 0 amide bonds. The second-order valence-electron chi connectivity index (χ2n) is 6.40. The van der Waals surface area contributed by atoms with E-state index in [-0.39, 0.29) is 30.3 Å². The number of ether oxygens (including phenoxy) is 2. The highest BCUT2D eigenvalue weighted by molar-refractivity contribution is 5.58. The van der Waals surface area contributed by atoms with Crippen LogP contribution in [0.5, 0.6) is 0 Å². The van der Waals surface area contributed by atoms with Gasteiger partial charge in [-0.2, -0.15) is 0 Å². The van der Waals surface area contributed by atoms with Gasteiger partial charge in [0.05, 0.1) is 17.6 Å². The molecule has 7 heteroatoms. The molecule has 6 nitrogen and oxygen atoms in total. The number of non-ortho nitro benzene ring substituents is 1. The first-order valence-corrected chi connectivity index (χ1v) is 8.40. The molecular weight excluding hydrogens is 339 g/mol. The summed E-state index contributed by atoms with van der Waals surface area (Å²) in [6.45, 7) is 3.49. The second kappa shape index (κ2) is 7.80. The minimum absolute atomic E-state index is 0.0376. The van der Waals surface area contributed by atoms with Gasteiger partial charge in [-0.3, -0.25) is 10.1 Å². The lowest BCUT2D eigenvalue weighted by Crippen LogP contribution is -2.43. The highest BCUT2D eigenvalue weighted by atomic mass is 19.1. The maximum Gasteiger partial charge on any atom is 0.269 e. The summed E-state index contributed by atoms with van der Waals surface area (Å²) in [6, 6.07) is 11.1. The number of morpholine rings is 1. The molecule has 2 aromatic rings. The number of anilines is 1. The molecule has 2 atom stereocenters. The quantitative estimate of drug-likeness (QED) is 0.599. The van der Waals surface area contributed by atoms with Crippen LogP contribution >= 0.6 is 0 Å². The fourth-order valence-corrected chi connectivity index (χ4v) is 3.27. The minimum atomic E-state index is -0.411. The fraction of sp³-hybridized carbons (Fsp3) is 0.368. The highest BCUT2D eigenvalue weighted by Crippen LogP contribution is 2.32. The van der Waals surface area contributed by atoms with E-state index < -0.39 is 4.92 Å². The molecular formula is C19H21FN2O4. The monoisotopic (exact) mass is 360 g/mol. The van der Waals surface area contributed by atoms with Crippen LogP contribution in [0.3, 0.4) is 0 Å². The Morgan fingerprint density at radius 1 is 1.27 bits per heavy atom. The predicted molar refractivity (Wildman–Crippen MR) is 95.7 cm³/mol. The summed E-state index contributed by atoms with van der Waals surface area (Å²) >= 11 is 0. The largest absolute Gasteiger partial charge is 0.380 e. The Labute approximate surface area is 151 Å². The molecule has 0 N–H and O–H groups in total. The lowest BCUT2D eigenvalue weighted by Gasteiger charge is -2.39. The summed E-state index contributed by atoms with van der Waals surface area (Å²) in [7, 11) is 1.56. The van der Waals surface area contributed by atoms with Crippen molar-refractivity contribution in [3.05, 3.63) is 69.5 Å². The van der Waals surface area contributed by atoms with E-state index in [1.54, 1.807) is 31.4 Å². The van der Waals surface area contributed by atoms with Gasteiger partial charge >= 0.3 is 0 Å². The van der Waals surface area contributed by atoms with Gasteiger partial charge in [-0.1, -0.05) is 12.1 Å². The summed E-state index contributed by atoms with van der Waals surface area (Å²) in [4.78, 5) is 12.8. The maximum atomic E-state index is 13.2. The van der Waals surface area contributed by atoms with Gasteiger partial charge in [-0.25, -0.2) is 4.39 Å². The van der Waals surface area contributed by atoms with Crippen molar-refractivity contribution < 1.29 is 18.8 Å². The van der Waals surface area contributed by atoms with Gasteiger partial charge < -0.3 is 14.4 Å². The summed E-state index contributed by atoms with van der Waals surface area (Å²) in [5.74, 6) is -0.285. The molecule has 138 valence electrons. The first-order valence-electron chi connectivity index (χ1n) is 8.40. The molecule has 1 aliphatic heterocycles. The molecule has 0 aromatic heterocycles. The highest BCUT2D eigenvalue weighted by Gasteiger charge is 2.28. The van der Waals surface area contributed by atoms with Crippen LogP contribution < -0.4 is 4.90 Å². The van der Waals surface area contributed by atoms with Crippen molar-refractivity contribution in [3.63, 3.8) is 0 Å². The third-order valence-electron chi connectivity index (χ3n) is 4.42. The molecule has 1 aliphatic rings. The van der Waals surface area contributed by atoms with Crippen molar-refractivity contribution in [2.24, 2.45) is 0 Å². The van der Waals surface area contributed by atoms with Crippen LogP contribution in [0, 0.1) is 15.9 Å². The van der Waals surface area contributed by atoms with Crippen molar-refractivity contribution in [3.8, 4) is 0 Å². The van der Waals surface area contributed by atoms with Gasteiger partial charge in [0.2, 0.25) is 0 Å². The average Bonchev–Trinajstić information content (AvgIpc) is 2.62. The van der Waals surface area contributed by atoms with Gasteiger partial charge in [0.1, 0.15) is 11.9 Å². The summed E-state index contributed by atoms with van der Waals surface area (Å²) in [5, 5.41) is 11.1. The lowest BCUT2D eigenvalue weighted by atomic mass is 10.0. The molecule has 1 fully saturated rings. The van der Waals surface area contributed by atoms with E-state index in [1.807, 2.05) is 6.92 Å². The molecule has 0 aliphatic carbocycles. The van der Waals surface area contributed by atoms with Gasteiger partial charge in [0.15, 0.2) is 0 Å². The van der Waals surface area contributed by atoms with Crippen molar-refractivity contribution in [2.75, 3.05) is 25.1 Å². The zero-order valence-electron chi connectivity index (χ0n) is 14.7. The third kappa shape index (κ3) is 4.00. The number of benzene rings is 2. The molecule has 26 heavy (non-hydrogen) atoms.